The molecule has 0 saturated carbocycles. The number of para-hydroxylation sites is 1. The SMILES string of the molecule is CCCCNc1cc(C(=O)OCC(=O)NCC(=O)O[C@H](COc2nsnc2N2CCOCC2)CN(C(=O)COC(C)=O)C(C)(C)C)cc(S(N)(=O)=O)c1Oc1ccccc1. The molecule has 1 aliphatic heterocycles. The van der Waals surface area contributed by atoms with Crippen LogP contribution in [0.4, 0.5) is 11.5 Å². The number of unbranched alkanes of at least 4 members (excludes halogenated alkanes) is 1. The second-order valence-corrected chi connectivity index (χ2v) is 16.4. The molecule has 1 aromatic heterocycles. The van der Waals surface area contributed by atoms with Crippen molar-refractivity contribution >= 4 is 63.0 Å². The summed E-state index contributed by atoms with van der Waals surface area (Å²) in [7, 11) is -4.44. The van der Waals surface area contributed by atoms with Crippen LogP contribution in [0.1, 0.15) is 57.8 Å². The maximum absolute atomic E-state index is 13.2. The van der Waals surface area contributed by atoms with E-state index in [9.17, 15) is 32.4 Å². The first-order valence-corrected chi connectivity index (χ1v) is 21.3. The summed E-state index contributed by atoms with van der Waals surface area (Å²) in [6.45, 7) is 8.31. The van der Waals surface area contributed by atoms with Crippen molar-refractivity contribution in [1.29, 1.82) is 0 Å². The molecule has 1 aliphatic rings. The molecule has 22 heteroatoms. The number of amides is 2. The molecule has 328 valence electrons. The zero-order valence-electron chi connectivity index (χ0n) is 34.1. The molecular formula is C38H51N7O13S2. The quantitative estimate of drug-likeness (QED) is 0.0789. The lowest BCUT2D eigenvalue weighted by Gasteiger charge is -2.37. The molecule has 0 unspecified atom stereocenters. The van der Waals surface area contributed by atoms with Crippen molar-refractivity contribution in [2.24, 2.45) is 5.14 Å². The minimum Gasteiger partial charge on any atom is -0.470 e. The number of esters is 3. The van der Waals surface area contributed by atoms with Gasteiger partial charge >= 0.3 is 17.9 Å². The number of benzene rings is 2. The van der Waals surface area contributed by atoms with Gasteiger partial charge in [-0.25, -0.2) is 18.4 Å². The fourth-order valence-electron chi connectivity index (χ4n) is 5.56. The van der Waals surface area contributed by atoms with Crippen LogP contribution >= 0.6 is 11.7 Å². The monoisotopic (exact) mass is 877 g/mol. The second kappa shape index (κ2) is 22.1. The molecule has 20 nitrogen and oxygen atoms in total. The lowest BCUT2D eigenvalue weighted by molar-refractivity contribution is -0.159. The number of rotatable bonds is 21. The summed E-state index contributed by atoms with van der Waals surface area (Å²) in [5, 5.41) is 10.9. The van der Waals surface area contributed by atoms with E-state index >= 15 is 0 Å². The highest BCUT2D eigenvalue weighted by atomic mass is 32.2. The summed E-state index contributed by atoms with van der Waals surface area (Å²) in [4.78, 5) is 66.6. The molecule has 0 bridgehead atoms. The molecule has 3 aromatic rings. The van der Waals surface area contributed by atoms with Gasteiger partial charge in [-0.1, -0.05) is 31.5 Å². The van der Waals surface area contributed by atoms with E-state index in [2.05, 4.69) is 19.4 Å². The third kappa shape index (κ3) is 14.6. The van der Waals surface area contributed by atoms with Crippen LogP contribution in [0, 0.1) is 0 Å². The van der Waals surface area contributed by atoms with Crippen LogP contribution in [0.25, 0.3) is 0 Å². The summed E-state index contributed by atoms with van der Waals surface area (Å²) >= 11 is 0.928. The van der Waals surface area contributed by atoms with Gasteiger partial charge in [0, 0.05) is 32.1 Å². The van der Waals surface area contributed by atoms with E-state index in [1.54, 1.807) is 51.1 Å². The molecule has 2 aromatic carbocycles. The van der Waals surface area contributed by atoms with E-state index < -0.39 is 76.0 Å². The number of nitrogens with two attached hydrogens (primary N) is 1. The summed E-state index contributed by atoms with van der Waals surface area (Å²) < 4.78 is 67.1. The molecule has 0 spiro atoms. The van der Waals surface area contributed by atoms with Crippen molar-refractivity contribution in [2.75, 3.05) is 76.0 Å². The maximum atomic E-state index is 13.2. The maximum Gasteiger partial charge on any atom is 0.338 e. The van der Waals surface area contributed by atoms with Crippen LogP contribution in [-0.4, -0.2) is 129 Å². The van der Waals surface area contributed by atoms with Crippen molar-refractivity contribution in [1.82, 2.24) is 19.0 Å². The Hall–Kier alpha value is -5.58. The number of hydrogen-bond donors (Lipinski definition) is 3. The van der Waals surface area contributed by atoms with Gasteiger partial charge in [0.05, 0.1) is 42.7 Å². The summed E-state index contributed by atoms with van der Waals surface area (Å²) in [6.07, 6.45) is 0.410. The number of morpholine rings is 1. The van der Waals surface area contributed by atoms with Crippen LogP contribution < -0.4 is 30.1 Å². The van der Waals surface area contributed by atoms with Crippen molar-refractivity contribution in [3.05, 3.63) is 48.0 Å². The third-order valence-electron chi connectivity index (χ3n) is 8.52. The van der Waals surface area contributed by atoms with Gasteiger partial charge in [0.1, 0.15) is 23.8 Å². The first-order chi connectivity index (χ1) is 28.5. The number of anilines is 2. The first kappa shape index (κ1) is 47.1. The fraction of sp³-hybridized carbons (Fsp3) is 0.500. The number of nitrogens with zero attached hydrogens (tertiary/aromatic N) is 4. The van der Waals surface area contributed by atoms with Crippen molar-refractivity contribution in [3.63, 3.8) is 0 Å². The Bertz CT molecular complexity index is 2050. The van der Waals surface area contributed by atoms with Gasteiger partial charge in [-0.3, -0.25) is 19.2 Å². The van der Waals surface area contributed by atoms with Crippen LogP contribution in [0.15, 0.2) is 47.4 Å². The zero-order chi connectivity index (χ0) is 43.9. The van der Waals surface area contributed by atoms with Gasteiger partial charge in [-0.05, 0) is 51.5 Å². The smallest absolute Gasteiger partial charge is 0.338 e. The van der Waals surface area contributed by atoms with Gasteiger partial charge in [0.25, 0.3) is 17.7 Å². The Morgan fingerprint density at radius 3 is 2.40 bits per heavy atom. The Balaban J connectivity index is 1.44. The summed E-state index contributed by atoms with van der Waals surface area (Å²) in [5.41, 5.74) is -0.914. The van der Waals surface area contributed by atoms with Crippen LogP contribution in [-0.2, 0) is 48.1 Å². The normalized spacial score (nSPS) is 13.4. The molecular weight excluding hydrogens is 827 g/mol. The molecule has 0 aliphatic carbocycles. The standard InChI is InChI=1S/C38H51N7O13S2/c1-6-7-13-40-29-18-26(19-30(60(39,51)52)34(29)58-27-11-9-8-10-12-27)37(50)56-23-31(47)41-20-33(49)57-28(21-45(38(3,4)5)32(48)24-54-25(2)46)22-55-36-35(42-59-43-36)44-14-16-53-17-15-44/h8-12,18-19,28,40H,6-7,13-17,20-24H2,1-5H3,(H,41,47)(H2,39,51,52)/t28-/m0/s1. The molecule has 2 amide bonds. The first-order valence-electron chi connectivity index (χ1n) is 19.0. The van der Waals surface area contributed by atoms with Crippen LogP contribution in [0.3, 0.4) is 0 Å². The number of primary sulfonamides is 1. The van der Waals surface area contributed by atoms with Gasteiger partial charge < -0.3 is 48.9 Å². The molecule has 60 heavy (non-hydrogen) atoms. The van der Waals surface area contributed by atoms with Gasteiger partial charge in [0.2, 0.25) is 15.8 Å². The zero-order valence-corrected chi connectivity index (χ0v) is 35.7. The van der Waals surface area contributed by atoms with E-state index in [4.69, 9.17) is 33.6 Å². The predicted molar refractivity (Wildman–Crippen MR) is 217 cm³/mol. The number of hydrogen-bond acceptors (Lipinski definition) is 18. The Labute approximate surface area is 352 Å². The number of carbonyl (C=O) groups excluding carboxylic acids is 5. The highest BCUT2D eigenvalue weighted by Gasteiger charge is 2.32. The minimum absolute atomic E-state index is 0.128. The van der Waals surface area contributed by atoms with Gasteiger partial charge in [0.15, 0.2) is 25.1 Å². The van der Waals surface area contributed by atoms with Gasteiger partial charge in [-0.2, -0.15) is 4.37 Å². The molecule has 4 N–H and O–H groups in total. The average molecular weight is 878 g/mol. The minimum atomic E-state index is -4.44. The van der Waals surface area contributed by atoms with Crippen LogP contribution in [0.5, 0.6) is 17.4 Å². The fourth-order valence-corrected chi connectivity index (χ4v) is 6.79. The van der Waals surface area contributed by atoms with E-state index in [0.717, 1.165) is 24.2 Å². The summed E-state index contributed by atoms with van der Waals surface area (Å²) in [6, 6.07) is 10.7. The third-order valence-corrected chi connectivity index (χ3v) is 9.94. The van der Waals surface area contributed by atoms with Gasteiger partial charge in [-0.15, -0.1) is 4.37 Å². The Morgan fingerprint density at radius 1 is 1.03 bits per heavy atom. The van der Waals surface area contributed by atoms with Crippen molar-refractivity contribution in [2.45, 2.75) is 64.0 Å². The largest absolute Gasteiger partial charge is 0.470 e. The molecule has 1 atom stereocenters. The number of nitrogens with one attached hydrogen (secondary N) is 2. The predicted octanol–water partition coefficient (Wildman–Crippen LogP) is 2.48. The number of carbonyl (C=O) groups is 5. The molecule has 1 fully saturated rings. The topological polar surface area (TPSA) is 257 Å². The second-order valence-electron chi connectivity index (χ2n) is 14.3. The highest BCUT2D eigenvalue weighted by molar-refractivity contribution is 7.89. The Kier molecular flexibility index (Phi) is 17.4. The lowest BCUT2D eigenvalue weighted by Crippen LogP contribution is -2.52. The Morgan fingerprint density at radius 2 is 1.75 bits per heavy atom. The number of ether oxygens (including phenoxy) is 6. The van der Waals surface area contributed by atoms with E-state index in [-0.39, 0.29) is 36.0 Å². The van der Waals surface area contributed by atoms with Crippen molar-refractivity contribution in [3.8, 4) is 17.4 Å². The van der Waals surface area contributed by atoms with E-state index in [0.29, 0.717) is 50.8 Å². The van der Waals surface area contributed by atoms with E-state index in [1.165, 1.54) is 17.9 Å². The highest BCUT2D eigenvalue weighted by Crippen LogP contribution is 2.37. The average Bonchev–Trinajstić information content (AvgIpc) is 3.68. The number of sulfonamides is 1. The summed E-state index contributed by atoms with van der Waals surface area (Å²) in [5.74, 6) is -3.23. The molecule has 2 heterocycles. The molecule has 0 radical (unpaired) electrons. The van der Waals surface area contributed by atoms with Crippen LogP contribution in [0.2, 0.25) is 0 Å². The lowest BCUT2D eigenvalue weighted by atomic mass is 10.1. The molecule has 4 rings (SSSR count). The van der Waals surface area contributed by atoms with Crippen molar-refractivity contribution < 1.29 is 60.8 Å². The van der Waals surface area contributed by atoms with E-state index in [1.807, 2.05) is 11.8 Å². The number of aromatic nitrogens is 2. The molecule has 1 saturated heterocycles.